The quantitative estimate of drug-likeness (QED) is 0.600. The molecule has 0 aromatic carbocycles. The van der Waals surface area contributed by atoms with E-state index in [1.54, 1.807) is 0 Å². The highest BCUT2D eigenvalue weighted by atomic mass is 16.5. The smallest absolute Gasteiger partial charge is 0.0593 e. The van der Waals surface area contributed by atoms with Crippen LogP contribution in [0.5, 0.6) is 0 Å². The van der Waals surface area contributed by atoms with Crippen LogP contribution in [0.2, 0.25) is 0 Å². The molecule has 4 nitrogen and oxygen atoms in total. The maximum Gasteiger partial charge on any atom is 0.0593 e. The van der Waals surface area contributed by atoms with Gasteiger partial charge in [-0.15, -0.1) is 0 Å². The highest BCUT2D eigenvalue weighted by Gasteiger charge is 2.16. The van der Waals surface area contributed by atoms with Crippen molar-refractivity contribution in [2.75, 3.05) is 59.2 Å². The van der Waals surface area contributed by atoms with Crippen LogP contribution in [0, 0.1) is 5.92 Å². The first-order chi connectivity index (χ1) is 8.86. The zero-order chi connectivity index (χ0) is 13.1. The van der Waals surface area contributed by atoms with Gasteiger partial charge in [0, 0.05) is 32.8 Å². The fraction of sp³-hybridized carbons (Fsp3) is 1.00. The molecule has 1 aliphatic rings. The first-order valence-corrected chi connectivity index (χ1v) is 7.45. The van der Waals surface area contributed by atoms with Gasteiger partial charge >= 0.3 is 0 Å². The number of nitrogens with zero attached hydrogens (tertiary/aromatic N) is 1. The van der Waals surface area contributed by atoms with E-state index >= 15 is 0 Å². The minimum Gasteiger partial charge on any atom is -0.380 e. The number of rotatable bonds is 10. The first-order valence-electron chi connectivity index (χ1n) is 7.45. The summed E-state index contributed by atoms with van der Waals surface area (Å²) in [5.74, 6) is 0.794. The third-order valence-electron chi connectivity index (χ3n) is 3.43. The van der Waals surface area contributed by atoms with Crippen molar-refractivity contribution in [3.05, 3.63) is 0 Å². The fourth-order valence-electron chi connectivity index (χ4n) is 2.42. The van der Waals surface area contributed by atoms with Crippen LogP contribution in [0.4, 0.5) is 0 Å². The molecule has 0 aliphatic carbocycles. The van der Waals surface area contributed by atoms with Gasteiger partial charge in [-0.05, 0) is 45.7 Å². The summed E-state index contributed by atoms with van der Waals surface area (Å²) >= 11 is 0. The van der Waals surface area contributed by atoms with Crippen molar-refractivity contribution in [3.8, 4) is 0 Å². The van der Waals surface area contributed by atoms with Crippen LogP contribution in [0.15, 0.2) is 0 Å². The van der Waals surface area contributed by atoms with Gasteiger partial charge in [-0.3, -0.25) is 4.90 Å². The molecule has 1 fully saturated rings. The van der Waals surface area contributed by atoms with Crippen molar-refractivity contribution in [1.29, 1.82) is 0 Å². The minimum absolute atomic E-state index is 0.794. The Bertz CT molecular complexity index is 175. The maximum absolute atomic E-state index is 5.46. The summed E-state index contributed by atoms with van der Waals surface area (Å²) in [5, 5.41) is 3.49. The van der Waals surface area contributed by atoms with Crippen molar-refractivity contribution in [3.63, 3.8) is 0 Å². The van der Waals surface area contributed by atoms with Crippen molar-refractivity contribution >= 4 is 0 Å². The zero-order valence-corrected chi connectivity index (χ0v) is 12.1. The molecule has 1 N–H and O–H groups in total. The average Bonchev–Trinajstić information content (AvgIpc) is 2.40. The molecule has 0 radical (unpaired) electrons. The molecule has 18 heavy (non-hydrogen) atoms. The van der Waals surface area contributed by atoms with Crippen LogP contribution in [-0.2, 0) is 9.47 Å². The van der Waals surface area contributed by atoms with E-state index in [0.29, 0.717) is 0 Å². The van der Waals surface area contributed by atoms with Crippen LogP contribution < -0.4 is 5.32 Å². The van der Waals surface area contributed by atoms with E-state index in [-0.39, 0.29) is 0 Å². The zero-order valence-electron chi connectivity index (χ0n) is 12.1. The normalized spacial score (nSPS) is 20.5. The molecule has 0 bridgehead atoms. The molecule has 4 heteroatoms. The van der Waals surface area contributed by atoms with Gasteiger partial charge in [0.05, 0.1) is 13.2 Å². The molecule has 1 rings (SSSR count). The summed E-state index contributed by atoms with van der Waals surface area (Å²) in [6.45, 7) is 13.0. The Kier molecular flexibility index (Phi) is 9.48. The van der Waals surface area contributed by atoms with Gasteiger partial charge in [0.25, 0.3) is 0 Å². The molecule has 1 aliphatic heterocycles. The van der Waals surface area contributed by atoms with Crippen molar-refractivity contribution < 1.29 is 9.47 Å². The molecular formula is C14H30N2O2. The molecule has 1 atom stereocenters. The number of hydrogen-bond acceptors (Lipinski definition) is 4. The van der Waals surface area contributed by atoms with E-state index in [0.717, 1.165) is 45.4 Å². The second kappa shape index (κ2) is 10.7. The van der Waals surface area contributed by atoms with Crippen LogP contribution in [-0.4, -0.2) is 64.1 Å². The van der Waals surface area contributed by atoms with E-state index < -0.39 is 0 Å². The van der Waals surface area contributed by atoms with Gasteiger partial charge in [0.1, 0.15) is 0 Å². The SMILES string of the molecule is CCOCCN(CCOCC)CC1CCCNC1. The summed E-state index contributed by atoms with van der Waals surface area (Å²) in [7, 11) is 0. The molecule has 0 saturated carbocycles. The number of ether oxygens (including phenoxy) is 2. The van der Waals surface area contributed by atoms with Gasteiger partial charge in [0.15, 0.2) is 0 Å². The largest absolute Gasteiger partial charge is 0.380 e. The van der Waals surface area contributed by atoms with Crippen LogP contribution in [0.3, 0.4) is 0 Å². The lowest BCUT2D eigenvalue weighted by molar-refractivity contribution is 0.0734. The van der Waals surface area contributed by atoms with Crippen LogP contribution in [0.25, 0.3) is 0 Å². The van der Waals surface area contributed by atoms with Crippen molar-refractivity contribution in [2.45, 2.75) is 26.7 Å². The predicted octanol–water partition coefficient (Wildman–Crippen LogP) is 1.36. The van der Waals surface area contributed by atoms with Crippen molar-refractivity contribution in [2.24, 2.45) is 5.92 Å². The lowest BCUT2D eigenvalue weighted by Crippen LogP contribution is -2.40. The summed E-state index contributed by atoms with van der Waals surface area (Å²) in [6, 6.07) is 0. The summed E-state index contributed by atoms with van der Waals surface area (Å²) < 4.78 is 10.9. The van der Waals surface area contributed by atoms with Crippen LogP contribution >= 0.6 is 0 Å². The van der Waals surface area contributed by atoms with Gasteiger partial charge in [-0.25, -0.2) is 0 Å². The molecule has 1 unspecified atom stereocenters. The third kappa shape index (κ3) is 7.31. The Morgan fingerprint density at radius 2 is 1.78 bits per heavy atom. The number of nitrogens with one attached hydrogen (secondary N) is 1. The number of piperidine rings is 1. The molecule has 1 heterocycles. The first kappa shape index (κ1) is 15.9. The van der Waals surface area contributed by atoms with E-state index in [4.69, 9.17) is 9.47 Å². The molecule has 0 spiro atoms. The second-order valence-electron chi connectivity index (χ2n) is 4.91. The van der Waals surface area contributed by atoms with E-state index in [1.165, 1.54) is 32.5 Å². The summed E-state index contributed by atoms with van der Waals surface area (Å²) in [4.78, 5) is 2.49. The Morgan fingerprint density at radius 1 is 1.11 bits per heavy atom. The standard InChI is InChI=1S/C14H30N2O2/c1-3-17-10-8-16(9-11-18-4-2)13-14-6-5-7-15-12-14/h14-15H,3-13H2,1-2H3. The lowest BCUT2D eigenvalue weighted by Gasteiger charge is -2.30. The Hall–Kier alpha value is -0.160. The van der Waals surface area contributed by atoms with E-state index in [2.05, 4.69) is 24.1 Å². The van der Waals surface area contributed by atoms with Crippen molar-refractivity contribution in [1.82, 2.24) is 10.2 Å². The van der Waals surface area contributed by atoms with Gasteiger partial charge in [-0.1, -0.05) is 0 Å². The van der Waals surface area contributed by atoms with Gasteiger partial charge in [-0.2, -0.15) is 0 Å². The van der Waals surface area contributed by atoms with Gasteiger partial charge in [0.2, 0.25) is 0 Å². The van der Waals surface area contributed by atoms with E-state index in [9.17, 15) is 0 Å². The summed E-state index contributed by atoms with van der Waals surface area (Å²) in [6.07, 6.45) is 2.67. The topological polar surface area (TPSA) is 33.7 Å². The second-order valence-corrected chi connectivity index (χ2v) is 4.91. The average molecular weight is 258 g/mol. The highest BCUT2D eigenvalue weighted by molar-refractivity contribution is 4.73. The number of hydrogen-bond donors (Lipinski definition) is 1. The Labute approximate surface area is 112 Å². The molecule has 0 aromatic rings. The molecule has 0 amide bonds. The van der Waals surface area contributed by atoms with Crippen LogP contribution in [0.1, 0.15) is 26.7 Å². The molecular weight excluding hydrogens is 228 g/mol. The fourth-order valence-corrected chi connectivity index (χ4v) is 2.42. The molecule has 1 saturated heterocycles. The Morgan fingerprint density at radius 3 is 2.28 bits per heavy atom. The maximum atomic E-state index is 5.46. The lowest BCUT2D eigenvalue weighted by atomic mass is 9.99. The summed E-state index contributed by atoms with van der Waals surface area (Å²) in [5.41, 5.74) is 0. The molecule has 108 valence electrons. The monoisotopic (exact) mass is 258 g/mol. The van der Waals surface area contributed by atoms with Gasteiger partial charge < -0.3 is 14.8 Å². The minimum atomic E-state index is 0.794. The highest BCUT2D eigenvalue weighted by Crippen LogP contribution is 2.11. The van der Waals surface area contributed by atoms with E-state index in [1.807, 2.05) is 0 Å². The predicted molar refractivity (Wildman–Crippen MR) is 75.0 cm³/mol. The Balaban J connectivity index is 2.22. The third-order valence-corrected chi connectivity index (χ3v) is 3.43. The molecule has 0 aromatic heterocycles.